The Bertz CT molecular complexity index is 509. The van der Waals surface area contributed by atoms with E-state index in [1.54, 1.807) is 40.0 Å². The van der Waals surface area contributed by atoms with Crippen molar-refractivity contribution >= 4 is 12.0 Å². The SMILES string of the molecule is CN(Cc1ccc(F)cc1)C(=O)N[C@@H](C(=O)O)C(C)(C)C. The fraction of sp³-hybridized carbons (Fsp3) is 0.467. The second-order valence-corrected chi connectivity index (χ2v) is 6.07. The summed E-state index contributed by atoms with van der Waals surface area (Å²) in [7, 11) is 1.56. The van der Waals surface area contributed by atoms with Gasteiger partial charge in [-0.3, -0.25) is 0 Å². The number of halogens is 1. The molecule has 1 aromatic carbocycles. The van der Waals surface area contributed by atoms with E-state index in [9.17, 15) is 19.1 Å². The maximum absolute atomic E-state index is 12.8. The third-order valence-corrected chi connectivity index (χ3v) is 3.06. The largest absolute Gasteiger partial charge is 0.480 e. The van der Waals surface area contributed by atoms with E-state index < -0.39 is 23.5 Å². The van der Waals surface area contributed by atoms with Gasteiger partial charge in [0.15, 0.2) is 0 Å². The van der Waals surface area contributed by atoms with Crippen LogP contribution in [0.5, 0.6) is 0 Å². The molecule has 0 aromatic heterocycles. The molecular weight excluding hydrogens is 275 g/mol. The van der Waals surface area contributed by atoms with Crippen LogP contribution in [0, 0.1) is 11.2 Å². The number of nitrogens with one attached hydrogen (secondary N) is 1. The molecule has 0 fully saturated rings. The van der Waals surface area contributed by atoms with Gasteiger partial charge in [-0.05, 0) is 23.1 Å². The van der Waals surface area contributed by atoms with Gasteiger partial charge in [0.2, 0.25) is 0 Å². The summed E-state index contributed by atoms with van der Waals surface area (Å²) in [6.45, 7) is 5.49. The van der Waals surface area contributed by atoms with Gasteiger partial charge in [0.1, 0.15) is 11.9 Å². The quantitative estimate of drug-likeness (QED) is 0.896. The third kappa shape index (κ3) is 5.06. The first-order valence-corrected chi connectivity index (χ1v) is 6.60. The lowest BCUT2D eigenvalue weighted by Crippen LogP contribution is -2.52. The maximum Gasteiger partial charge on any atom is 0.326 e. The molecule has 116 valence electrons. The number of urea groups is 1. The normalized spacial score (nSPS) is 12.6. The van der Waals surface area contributed by atoms with Gasteiger partial charge >= 0.3 is 12.0 Å². The fourth-order valence-corrected chi connectivity index (χ4v) is 1.82. The average Bonchev–Trinajstić information content (AvgIpc) is 2.36. The molecule has 0 unspecified atom stereocenters. The van der Waals surface area contributed by atoms with E-state index in [1.165, 1.54) is 17.0 Å². The van der Waals surface area contributed by atoms with Crippen molar-refractivity contribution in [1.29, 1.82) is 0 Å². The van der Waals surface area contributed by atoms with Crippen molar-refractivity contribution in [2.45, 2.75) is 33.4 Å². The number of benzene rings is 1. The molecule has 5 nitrogen and oxygen atoms in total. The minimum absolute atomic E-state index is 0.266. The Hall–Kier alpha value is -2.11. The molecule has 0 spiro atoms. The van der Waals surface area contributed by atoms with Gasteiger partial charge in [-0.25, -0.2) is 14.0 Å². The predicted molar refractivity (Wildman–Crippen MR) is 77.3 cm³/mol. The first kappa shape index (κ1) is 16.9. The highest BCUT2D eigenvalue weighted by Crippen LogP contribution is 2.19. The van der Waals surface area contributed by atoms with E-state index in [0.717, 1.165) is 5.56 Å². The van der Waals surface area contributed by atoms with E-state index in [2.05, 4.69) is 5.32 Å². The van der Waals surface area contributed by atoms with E-state index >= 15 is 0 Å². The third-order valence-electron chi connectivity index (χ3n) is 3.06. The fourth-order valence-electron chi connectivity index (χ4n) is 1.82. The molecule has 2 amide bonds. The number of aliphatic carboxylic acids is 1. The average molecular weight is 296 g/mol. The van der Waals surface area contributed by atoms with Crippen molar-refractivity contribution in [2.75, 3.05) is 7.05 Å². The van der Waals surface area contributed by atoms with Crippen molar-refractivity contribution in [1.82, 2.24) is 10.2 Å². The summed E-state index contributed by atoms with van der Waals surface area (Å²) in [4.78, 5) is 24.6. The first-order chi connectivity index (χ1) is 9.61. The molecule has 0 saturated carbocycles. The Morgan fingerprint density at radius 3 is 2.24 bits per heavy atom. The summed E-state index contributed by atoms with van der Waals surface area (Å²) in [5.41, 5.74) is 0.162. The molecular formula is C15H21FN2O3. The number of amides is 2. The molecule has 1 aromatic rings. The summed E-state index contributed by atoms with van der Waals surface area (Å²) in [5, 5.41) is 11.7. The highest BCUT2D eigenvalue weighted by molar-refractivity contribution is 5.83. The lowest BCUT2D eigenvalue weighted by molar-refractivity contribution is -0.142. The van der Waals surface area contributed by atoms with Gasteiger partial charge in [-0.2, -0.15) is 0 Å². The topological polar surface area (TPSA) is 69.6 Å². The Morgan fingerprint density at radius 1 is 1.29 bits per heavy atom. The first-order valence-electron chi connectivity index (χ1n) is 6.60. The second kappa shape index (κ2) is 6.56. The molecule has 21 heavy (non-hydrogen) atoms. The van der Waals surface area contributed by atoms with Crippen LogP contribution in [0.1, 0.15) is 26.3 Å². The second-order valence-electron chi connectivity index (χ2n) is 6.07. The number of carbonyl (C=O) groups excluding carboxylic acids is 1. The Labute approximate surface area is 123 Å². The lowest BCUT2D eigenvalue weighted by atomic mass is 9.87. The molecule has 0 bridgehead atoms. The standard InChI is InChI=1S/C15H21FN2O3/c1-15(2,3)12(13(19)20)17-14(21)18(4)9-10-5-7-11(16)8-6-10/h5-8,12H,9H2,1-4H3,(H,17,21)(H,19,20)/t12-/m0/s1. The van der Waals surface area contributed by atoms with Crippen molar-refractivity contribution in [3.05, 3.63) is 35.6 Å². The molecule has 0 aliphatic carbocycles. The van der Waals surface area contributed by atoms with Crippen LogP contribution < -0.4 is 5.32 Å². The zero-order chi connectivity index (χ0) is 16.2. The molecule has 0 heterocycles. The molecule has 2 N–H and O–H groups in total. The van der Waals surface area contributed by atoms with E-state index in [4.69, 9.17) is 0 Å². The van der Waals surface area contributed by atoms with Crippen molar-refractivity contribution in [3.63, 3.8) is 0 Å². The zero-order valence-electron chi connectivity index (χ0n) is 12.7. The molecule has 6 heteroatoms. The van der Waals surface area contributed by atoms with Crippen LogP contribution in [0.4, 0.5) is 9.18 Å². The number of hydrogen-bond acceptors (Lipinski definition) is 2. The van der Waals surface area contributed by atoms with Crippen LogP contribution in [-0.4, -0.2) is 35.1 Å². The Morgan fingerprint density at radius 2 is 1.81 bits per heavy atom. The summed E-state index contributed by atoms with van der Waals surface area (Å²) >= 11 is 0. The number of carboxylic acids is 1. The number of nitrogens with zero attached hydrogens (tertiary/aromatic N) is 1. The van der Waals surface area contributed by atoms with E-state index in [0.29, 0.717) is 0 Å². The Kier molecular flexibility index (Phi) is 5.29. The smallest absolute Gasteiger partial charge is 0.326 e. The summed E-state index contributed by atoms with van der Waals surface area (Å²) in [5.74, 6) is -1.42. The molecule has 0 aliphatic rings. The van der Waals surface area contributed by atoms with Crippen LogP contribution in [-0.2, 0) is 11.3 Å². The van der Waals surface area contributed by atoms with Gasteiger partial charge in [0, 0.05) is 13.6 Å². The Balaban J connectivity index is 2.69. The number of rotatable bonds is 4. The van der Waals surface area contributed by atoms with Crippen molar-refractivity contribution < 1.29 is 19.1 Å². The van der Waals surface area contributed by atoms with Crippen molar-refractivity contribution in [3.8, 4) is 0 Å². The highest BCUT2D eigenvalue weighted by atomic mass is 19.1. The summed E-state index contributed by atoms with van der Waals surface area (Å²) in [6, 6.07) is 4.32. The van der Waals surface area contributed by atoms with Gasteiger partial charge in [0.05, 0.1) is 0 Å². The minimum atomic E-state index is -1.08. The molecule has 0 radical (unpaired) electrons. The molecule has 1 atom stereocenters. The molecule has 1 rings (SSSR count). The van der Waals surface area contributed by atoms with Crippen LogP contribution in [0.2, 0.25) is 0 Å². The van der Waals surface area contributed by atoms with Crippen LogP contribution in [0.25, 0.3) is 0 Å². The number of hydrogen-bond donors (Lipinski definition) is 2. The van der Waals surface area contributed by atoms with E-state index in [1.807, 2.05) is 0 Å². The summed E-state index contributed by atoms with van der Waals surface area (Å²) in [6.07, 6.45) is 0. The van der Waals surface area contributed by atoms with E-state index in [-0.39, 0.29) is 12.4 Å². The van der Waals surface area contributed by atoms with Gasteiger partial charge in [-0.15, -0.1) is 0 Å². The lowest BCUT2D eigenvalue weighted by Gasteiger charge is -2.29. The number of carboxylic acid groups (broad SMARTS) is 1. The van der Waals surface area contributed by atoms with Crippen LogP contribution in [0.3, 0.4) is 0 Å². The summed E-state index contributed by atoms with van der Waals surface area (Å²) < 4.78 is 12.8. The van der Waals surface area contributed by atoms with Crippen LogP contribution >= 0.6 is 0 Å². The van der Waals surface area contributed by atoms with Crippen molar-refractivity contribution in [2.24, 2.45) is 5.41 Å². The molecule has 0 saturated heterocycles. The monoisotopic (exact) mass is 296 g/mol. The predicted octanol–water partition coefficient (Wildman–Crippen LogP) is 2.47. The minimum Gasteiger partial charge on any atom is -0.480 e. The zero-order valence-corrected chi connectivity index (χ0v) is 12.7. The number of carbonyl (C=O) groups is 2. The van der Waals surface area contributed by atoms with Gasteiger partial charge in [-0.1, -0.05) is 32.9 Å². The highest BCUT2D eigenvalue weighted by Gasteiger charge is 2.33. The molecule has 0 aliphatic heterocycles. The van der Waals surface area contributed by atoms with Crippen LogP contribution in [0.15, 0.2) is 24.3 Å². The van der Waals surface area contributed by atoms with Gasteiger partial charge in [0.25, 0.3) is 0 Å². The van der Waals surface area contributed by atoms with Gasteiger partial charge < -0.3 is 15.3 Å². The maximum atomic E-state index is 12.8.